The number of amides is 1. The van der Waals surface area contributed by atoms with Crippen LogP contribution in [0.4, 0.5) is 0 Å². The van der Waals surface area contributed by atoms with Crippen LogP contribution in [0.25, 0.3) is 0 Å². The van der Waals surface area contributed by atoms with Crippen LogP contribution < -0.4 is 5.32 Å². The van der Waals surface area contributed by atoms with Gasteiger partial charge in [-0.05, 0) is 25.9 Å². The van der Waals surface area contributed by atoms with E-state index in [9.17, 15) is 4.79 Å². The molecule has 0 bridgehead atoms. The number of carbonyl (C=O) groups excluding carboxylic acids is 1. The Morgan fingerprint density at radius 3 is 2.88 bits per heavy atom. The predicted molar refractivity (Wildman–Crippen MR) is 65.9 cm³/mol. The van der Waals surface area contributed by atoms with Crippen molar-refractivity contribution in [1.82, 2.24) is 15.1 Å². The van der Waals surface area contributed by atoms with Crippen molar-refractivity contribution in [2.45, 2.75) is 18.9 Å². The molecule has 17 heavy (non-hydrogen) atoms. The summed E-state index contributed by atoms with van der Waals surface area (Å²) in [6.07, 6.45) is 2.60. The van der Waals surface area contributed by atoms with Crippen molar-refractivity contribution in [2.75, 3.05) is 53.0 Å². The predicted octanol–water partition coefficient (Wildman–Crippen LogP) is -0.471. The number of nitrogens with one attached hydrogen (secondary N) is 1. The van der Waals surface area contributed by atoms with E-state index in [-0.39, 0.29) is 11.9 Å². The Bertz CT molecular complexity index is 248. The molecule has 1 unspecified atom stereocenters. The van der Waals surface area contributed by atoms with Crippen LogP contribution in [0.5, 0.6) is 0 Å². The Hall–Kier alpha value is -0.650. The molecule has 0 aromatic heterocycles. The molecule has 2 rings (SSSR count). The largest absolute Gasteiger partial charge is 0.378 e. The van der Waals surface area contributed by atoms with Gasteiger partial charge in [-0.1, -0.05) is 0 Å². The molecule has 0 aliphatic carbocycles. The topological polar surface area (TPSA) is 44.8 Å². The zero-order valence-corrected chi connectivity index (χ0v) is 10.7. The Morgan fingerprint density at radius 2 is 2.24 bits per heavy atom. The normalized spacial score (nSPS) is 26.1. The second kappa shape index (κ2) is 6.33. The number of hydrogen-bond acceptors (Lipinski definition) is 4. The quantitative estimate of drug-likeness (QED) is 0.723. The monoisotopic (exact) mass is 241 g/mol. The van der Waals surface area contributed by atoms with Crippen LogP contribution in [-0.2, 0) is 9.53 Å². The number of ether oxygens (including phenoxy) is 1. The zero-order valence-electron chi connectivity index (χ0n) is 10.7. The highest BCUT2D eigenvalue weighted by Gasteiger charge is 2.24. The summed E-state index contributed by atoms with van der Waals surface area (Å²) in [6, 6.07) is -0.146. The molecule has 2 heterocycles. The third-order valence-electron chi connectivity index (χ3n) is 3.55. The fourth-order valence-corrected chi connectivity index (χ4v) is 2.40. The molecule has 0 aromatic carbocycles. The van der Waals surface area contributed by atoms with Gasteiger partial charge in [-0.2, -0.15) is 0 Å². The van der Waals surface area contributed by atoms with Crippen LogP contribution in [0.15, 0.2) is 0 Å². The first-order chi connectivity index (χ1) is 8.27. The van der Waals surface area contributed by atoms with Gasteiger partial charge in [0.15, 0.2) is 0 Å². The zero-order chi connectivity index (χ0) is 12.1. The van der Waals surface area contributed by atoms with Gasteiger partial charge < -0.3 is 19.9 Å². The summed E-state index contributed by atoms with van der Waals surface area (Å²) in [5, 5.41) is 3.20. The second-order valence-electron chi connectivity index (χ2n) is 4.89. The van der Waals surface area contributed by atoms with Gasteiger partial charge in [-0.3, -0.25) is 4.79 Å². The fraction of sp³-hybridized carbons (Fsp3) is 0.917. The maximum absolute atomic E-state index is 12.1. The van der Waals surface area contributed by atoms with Gasteiger partial charge in [0.05, 0.1) is 13.2 Å². The molecule has 1 atom stereocenters. The SMILES string of the molecule is CN(CCN1CCCC1)C(=O)C1COCCN1. The average Bonchev–Trinajstić information content (AvgIpc) is 2.89. The molecule has 2 saturated heterocycles. The van der Waals surface area contributed by atoms with Crippen LogP contribution >= 0.6 is 0 Å². The molecular formula is C12H23N3O2. The number of likely N-dealkylation sites (tertiary alicyclic amines) is 1. The summed E-state index contributed by atoms with van der Waals surface area (Å²) in [7, 11) is 1.88. The van der Waals surface area contributed by atoms with E-state index < -0.39 is 0 Å². The molecule has 0 radical (unpaired) electrons. The van der Waals surface area contributed by atoms with Crippen molar-refractivity contribution >= 4 is 5.91 Å². The number of morpholine rings is 1. The van der Waals surface area contributed by atoms with E-state index in [1.54, 1.807) is 0 Å². The molecule has 98 valence electrons. The summed E-state index contributed by atoms with van der Waals surface area (Å²) in [4.78, 5) is 16.3. The van der Waals surface area contributed by atoms with E-state index in [2.05, 4.69) is 10.2 Å². The third-order valence-corrected chi connectivity index (χ3v) is 3.55. The maximum Gasteiger partial charge on any atom is 0.241 e. The van der Waals surface area contributed by atoms with Crippen LogP contribution in [0.3, 0.4) is 0 Å². The lowest BCUT2D eigenvalue weighted by atomic mass is 10.2. The Balaban J connectivity index is 1.70. The van der Waals surface area contributed by atoms with Crippen LogP contribution in [0.1, 0.15) is 12.8 Å². The lowest BCUT2D eigenvalue weighted by Crippen LogP contribution is -2.52. The molecule has 1 N–H and O–H groups in total. The van der Waals surface area contributed by atoms with Crippen molar-refractivity contribution < 1.29 is 9.53 Å². The molecule has 2 aliphatic heterocycles. The van der Waals surface area contributed by atoms with Crippen molar-refractivity contribution in [1.29, 1.82) is 0 Å². The van der Waals surface area contributed by atoms with E-state index >= 15 is 0 Å². The van der Waals surface area contributed by atoms with Gasteiger partial charge in [0.1, 0.15) is 6.04 Å². The molecule has 0 aromatic rings. The Morgan fingerprint density at radius 1 is 1.47 bits per heavy atom. The minimum atomic E-state index is -0.146. The summed E-state index contributed by atoms with van der Waals surface area (Å²) in [5.41, 5.74) is 0. The summed E-state index contributed by atoms with van der Waals surface area (Å²) < 4.78 is 5.31. The molecule has 2 fully saturated rings. The van der Waals surface area contributed by atoms with Gasteiger partial charge in [-0.25, -0.2) is 0 Å². The van der Waals surface area contributed by atoms with E-state index in [0.29, 0.717) is 13.2 Å². The van der Waals surface area contributed by atoms with Gasteiger partial charge >= 0.3 is 0 Å². The highest BCUT2D eigenvalue weighted by atomic mass is 16.5. The molecular weight excluding hydrogens is 218 g/mol. The molecule has 1 amide bonds. The van der Waals surface area contributed by atoms with Crippen molar-refractivity contribution in [3.05, 3.63) is 0 Å². The second-order valence-corrected chi connectivity index (χ2v) is 4.89. The molecule has 0 spiro atoms. The first-order valence-corrected chi connectivity index (χ1v) is 6.56. The lowest BCUT2D eigenvalue weighted by molar-refractivity contribution is -0.135. The standard InChI is InChI=1S/C12H23N3O2/c1-14(7-8-15-5-2-3-6-15)12(16)11-10-17-9-4-13-11/h11,13H,2-10H2,1H3. The first kappa shape index (κ1) is 12.8. The summed E-state index contributed by atoms with van der Waals surface area (Å²) in [6.45, 7) is 6.18. The van der Waals surface area contributed by atoms with Gasteiger partial charge in [0.25, 0.3) is 0 Å². The van der Waals surface area contributed by atoms with Crippen molar-refractivity contribution in [2.24, 2.45) is 0 Å². The van der Waals surface area contributed by atoms with E-state index in [1.165, 1.54) is 25.9 Å². The smallest absolute Gasteiger partial charge is 0.241 e. The number of carbonyl (C=O) groups is 1. The van der Waals surface area contributed by atoms with Gasteiger partial charge in [-0.15, -0.1) is 0 Å². The molecule has 2 aliphatic rings. The van der Waals surface area contributed by atoms with Gasteiger partial charge in [0, 0.05) is 26.7 Å². The molecule has 5 nitrogen and oxygen atoms in total. The minimum Gasteiger partial charge on any atom is -0.378 e. The minimum absolute atomic E-state index is 0.146. The number of likely N-dealkylation sites (N-methyl/N-ethyl adjacent to an activating group) is 1. The Labute approximate surface area is 103 Å². The third kappa shape index (κ3) is 3.66. The lowest BCUT2D eigenvalue weighted by Gasteiger charge is -2.28. The highest BCUT2D eigenvalue weighted by molar-refractivity contribution is 5.81. The van der Waals surface area contributed by atoms with Crippen LogP contribution in [-0.4, -0.2) is 74.7 Å². The highest BCUT2D eigenvalue weighted by Crippen LogP contribution is 2.07. The van der Waals surface area contributed by atoms with Crippen LogP contribution in [0, 0.1) is 0 Å². The first-order valence-electron chi connectivity index (χ1n) is 6.56. The summed E-state index contributed by atoms with van der Waals surface area (Å²) in [5.74, 6) is 0.156. The number of rotatable bonds is 4. The fourth-order valence-electron chi connectivity index (χ4n) is 2.40. The summed E-state index contributed by atoms with van der Waals surface area (Å²) >= 11 is 0. The van der Waals surface area contributed by atoms with Gasteiger partial charge in [0.2, 0.25) is 5.91 Å². The molecule has 5 heteroatoms. The van der Waals surface area contributed by atoms with E-state index in [1.807, 2.05) is 11.9 Å². The van der Waals surface area contributed by atoms with Crippen molar-refractivity contribution in [3.8, 4) is 0 Å². The average molecular weight is 241 g/mol. The number of nitrogens with zero attached hydrogens (tertiary/aromatic N) is 2. The van der Waals surface area contributed by atoms with E-state index in [4.69, 9.17) is 4.74 Å². The van der Waals surface area contributed by atoms with Crippen molar-refractivity contribution in [3.63, 3.8) is 0 Å². The number of hydrogen-bond donors (Lipinski definition) is 1. The van der Waals surface area contributed by atoms with E-state index in [0.717, 1.165) is 19.6 Å². The maximum atomic E-state index is 12.1. The van der Waals surface area contributed by atoms with Crippen LogP contribution in [0.2, 0.25) is 0 Å². The molecule has 0 saturated carbocycles. The Kier molecular flexibility index (Phi) is 4.76.